The van der Waals surface area contributed by atoms with Crippen LogP contribution in [-0.4, -0.2) is 11.3 Å². The minimum atomic E-state index is 0.363. The van der Waals surface area contributed by atoms with Crippen molar-refractivity contribution in [3.05, 3.63) is 27.6 Å². The first-order valence-electron chi connectivity index (χ1n) is 2.32. The highest BCUT2D eigenvalue weighted by molar-refractivity contribution is 14.1. The summed E-state index contributed by atoms with van der Waals surface area (Å²) in [5.74, 6) is 0. The molecule has 45 valence electrons. The zero-order valence-corrected chi connectivity index (χ0v) is 6.62. The van der Waals surface area contributed by atoms with Crippen molar-refractivity contribution in [1.29, 1.82) is 0 Å². The first-order chi connectivity index (χ1) is 4.33. The Balaban J connectivity index is 3.07. The van der Waals surface area contributed by atoms with E-state index in [4.69, 9.17) is 0 Å². The third-order valence-electron chi connectivity index (χ3n) is 0.827. The minimum absolute atomic E-state index is 0.363. The van der Waals surface area contributed by atoms with Crippen molar-refractivity contribution in [3.8, 4) is 0 Å². The fourth-order valence-electron chi connectivity index (χ4n) is 0.461. The third kappa shape index (κ3) is 1.74. The summed E-state index contributed by atoms with van der Waals surface area (Å²) in [6.45, 7) is 0. The summed E-state index contributed by atoms with van der Waals surface area (Å²) in [5.41, 5.74) is 0.363. The fourth-order valence-corrected chi connectivity index (χ4v) is 0.916. The van der Waals surface area contributed by atoms with Gasteiger partial charge >= 0.3 is 0 Å². The average molecular weight is 232 g/mol. The molecule has 2 nitrogen and oxygen atoms in total. The van der Waals surface area contributed by atoms with Crippen molar-refractivity contribution in [2.45, 2.75) is 0 Å². The lowest BCUT2D eigenvalue weighted by Crippen LogP contribution is -1.85. The van der Waals surface area contributed by atoms with Crippen molar-refractivity contribution in [1.82, 2.24) is 4.98 Å². The molecular formula is C6H3INO. The second kappa shape index (κ2) is 2.91. The lowest BCUT2D eigenvalue weighted by atomic mass is 10.4. The number of aromatic nitrogens is 1. The van der Waals surface area contributed by atoms with E-state index < -0.39 is 0 Å². The Bertz CT molecular complexity index is 224. The molecular weight excluding hydrogens is 229 g/mol. The molecule has 0 aliphatic rings. The number of nitrogens with zero attached hydrogens (tertiary/aromatic N) is 1. The third-order valence-corrected chi connectivity index (χ3v) is 1.50. The molecule has 1 aromatic heterocycles. The SMILES string of the molecule is O=[C]c1cc(I)ccn1. The number of carbonyl (C=O) groups excluding carboxylic acids is 1. The molecule has 0 saturated heterocycles. The van der Waals surface area contributed by atoms with Gasteiger partial charge in [-0.1, -0.05) is 0 Å². The zero-order valence-electron chi connectivity index (χ0n) is 4.47. The largest absolute Gasteiger partial charge is 0.283 e. The van der Waals surface area contributed by atoms with Crippen molar-refractivity contribution in [3.63, 3.8) is 0 Å². The molecule has 1 heterocycles. The lowest BCUT2D eigenvalue weighted by molar-refractivity contribution is 0.561. The normalized spacial score (nSPS) is 9.00. The molecule has 0 spiro atoms. The summed E-state index contributed by atoms with van der Waals surface area (Å²) in [4.78, 5) is 13.7. The van der Waals surface area contributed by atoms with Gasteiger partial charge in [0.1, 0.15) is 5.69 Å². The Labute approximate surface area is 66.4 Å². The maximum atomic E-state index is 9.97. The molecule has 0 aliphatic heterocycles. The quantitative estimate of drug-likeness (QED) is 0.679. The van der Waals surface area contributed by atoms with Crippen LogP contribution < -0.4 is 0 Å². The average Bonchev–Trinajstić information content (AvgIpc) is 1.88. The Morgan fingerprint density at radius 3 is 2.89 bits per heavy atom. The van der Waals surface area contributed by atoms with Gasteiger partial charge in [0.05, 0.1) is 0 Å². The van der Waals surface area contributed by atoms with E-state index in [1.165, 1.54) is 0 Å². The lowest BCUT2D eigenvalue weighted by Gasteiger charge is -1.86. The Morgan fingerprint density at radius 2 is 2.44 bits per heavy atom. The predicted molar refractivity (Wildman–Crippen MR) is 41.7 cm³/mol. The second-order valence-electron chi connectivity index (χ2n) is 1.46. The second-order valence-corrected chi connectivity index (χ2v) is 2.71. The zero-order chi connectivity index (χ0) is 6.69. The van der Waals surface area contributed by atoms with Crippen LogP contribution >= 0.6 is 22.6 Å². The van der Waals surface area contributed by atoms with Crippen molar-refractivity contribution >= 4 is 28.9 Å². The fraction of sp³-hybridized carbons (Fsp3) is 0. The van der Waals surface area contributed by atoms with E-state index in [1.807, 2.05) is 6.07 Å². The van der Waals surface area contributed by atoms with E-state index in [0.717, 1.165) is 3.57 Å². The first kappa shape index (κ1) is 6.67. The van der Waals surface area contributed by atoms with Crippen LogP contribution in [0, 0.1) is 3.57 Å². The van der Waals surface area contributed by atoms with Crippen LogP contribution in [0.5, 0.6) is 0 Å². The molecule has 1 rings (SSSR count). The van der Waals surface area contributed by atoms with E-state index in [1.54, 1.807) is 18.5 Å². The molecule has 0 N–H and O–H groups in total. The van der Waals surface area contributed by atoms with Crippen LogP contribution in [0.1, 0.15) is 5.69 Å². The van der Waals surface area contributed by atoms with Gasteiger partial charge < -0.3 is 0 Å². The van der Waals surface area contributed by atoms with E-state index in [9.17, 15) is 4.79 Å². The Hall–Kier alpha value is -0.450. The highest BCUT2D eigenvalue weighted by Gasteiger charge is 1.90. The molecule has 9 heavy (non-hydrogen) atoms. The number of hydrogen-bond donors (Lipinski definition) is 0. The number of rotatable bonds is 1. The molecule has 0 amide bonds. The molecule has 0 fully saturated rings. The van der Waals surface area contributed by atoms with E-state index in [2.05, 4.69) is 27.6 Å². The summed E-state index contributed by atoms with van der Waals surface area (Å²) in [5, 5.41) is 0. The molecule has 0 bridgehead atoms. The Kier molecular flexibility index (Phi) is 2.16. The summed E-state index contributed by atoms with van der Waals surface area (Å²) in [7, 11) is 0. The van der Waals surface area contributed by atoms with Crippen LogP contribution in [0.2, 0.25) is 0 Å². The number of hydrogen-bond acceptors (Lipinski definition) is 2. The Morgan fingerprint density at radius 1 is 1.67 bits per heavy atom. The maximum absolute atomic E-state index is 9.97. The van der Waals surface area contributed by atoms with Crippen LogP contribution in [-0.2, 0) is 4.79 Å². The van der Waals surface area contributed by atoms with Gasteiger partial charge in [-0.15, -0.1) is 0 Å². The predicted octanol–water partition coefficient (Wildman–Crippen LogP) is 1.14. The number of pyridine rings is 1. The van der Waals surface area contributed by atoms with Crippen LogP contribution in [0.15, 0.2) is 18.3 Å². The molecule has 1 aromatic rings. The van der Waals surface area contributed by atoms with Gasteiger partial charge in [0.25, 0.3) is 6.29 Å². The van der Waals surface area contributed by atoms with Gasteiger partial charge in [-0.25, -0.2) is 0 Å². The van der Waals surface area contributed by atoms with Crippen LogP contribution in [0.25, 0.3) is 0 Å². The van der Waals surface area contributed by atoms with Gasteiger partial charge in [-0.2, -0.15) is 0 Å². The van der Waals surface area contributed by atoms with Crippen molar-refractivity contribution in [2.75, 3.05) is 0 Å². The van der Waals surface area contributed by atoms with Gasteiger partial charge in [0, 0.05) is 9.77 Å². The standard InChI is InChI=1S/C6H3INO/c7-5-1-2-8-6(3-5)4-9/h1-3H. The highest BCUT2D eigenvalue weighted by atomic mass is 127. The van der Waals surface area contributed by atoms with Gasteiger partial charge in [-0.3, -0.25) is 9.78 Å². The molecule has 0 saturated carbocycles. The molecule has 3 heteroatoms. The summed E-state index contributed by atoms with van der Waals surface area (Å²) in [6, 6.07) is 3.50. The molecule has 0 atom stereocenters. The van der Waals surface area contributed by atoms with Crippen LogP contribution in [0.3, 0.4) is 0 Å². The number of halogens is 1. The van der Waals surface area contributed by atoms with E-state index >= 15 is 0 Å². The van der Waals surface area contributed by atoms with Crippen molar-refractivity contribution < 1.29 is 4.79 Å². The van der Waals surface area contributed by atoms with Gasteiger partial charge in [0.15, 0.2) is 0 Å². The summed E-state index contributed by atoms with van der Waals surface area (Å²) < 4.78 is 1.00. The topological polar surface area (TPSA) is 30.0 Å². The van der Waals surface area contributed by atoms with E-state index in [-0.39, 0.29) is 0 Å². The van der Waals surface area contributed by atoms with Crippen LogP contribution in [0.4, 0.5) is 0 Å². The molecule has 0 aromatic carbocycles. The summed E-state index contributed by atoms with van der Waals surface area (Å²) >= 11 is 2.11. The smallest absolute Gasteiger partial charge is 0.253 e. The van der Waals surface area contributed by atoms with Crippen molar-refractivity contribution in [2.24, 2.45) is 0 Å². The molecule has 0 unspecified atom stereocenters. The first-order valence-corrected chi connectivity index (χ1v) is 3.40. The minimum Gasteiger partial charge on any atom is -0.283 e. The molecule has 0 aliphatic carbocycles. The van der Waals surface area contributed by atoms with E-state index in [0.29, 0.717) is 5.69 Å². The van der Waals surface area contributed by atoms with Gasteiger partial charge in [0.2, 0.25) is 0 Å². The monoisotopic (exact) mass is 232 g/mol. The molecule has 1 radical (unpaired) electrons. The van der Waals surface area contributed by atoms with Gasteiger partial charge in [-0.05, 0) is 34.7 Å². The maximum Gasteiger partial charge on any atom is 0.253 e. The summed E-state index contributed by atoms with van der Waals surface area (Å²) in [6.07, 6.45) is 3.29. The highest BCUT2D eigenvalue weighted by Crippen LogP contribution is 2.01.